The summed E-state index contributed by atoms with van der Waals surface area (Å²) in [6.45, 7) is 5.19. The fraction of sp³-hybridized carbons (Fsp3) is 0.231. The molecule has 0 fully saturated rings. The Bertz CT molecular complexity index is 666. The maximum atomic E-state index is 4.43. The molecule has 0 saturated heterocycles. The quantitative estimate of drug-likeness (QED) is 0.689. The Kier molecular flexibility index (Phi) is 2.44. The smallest absolute Gasteiger partial charge is 0.0982 e. The third-order valence-electron chi connectivity index (χ3n) is 2.86. The Morgan fingerprint density at radius 2 is 2.24 bits per heavy atom. The lowest BCUT2D eigenvalue weighted by molar-refractivity contribution is 0.762. The van der Waals surface area contributed by atoms with E-state index in [2.05, 4.69) is 40.6 Å². The van der Waals surface area contributed by atoms with Gasteiger partial charge in [0.1, 0.15) is 0 Å². The van der Waals surface area contributed by atoms with Gasteiger partial charge in [-0.2, -0.15) is 0 Å². The molecule has 3 aromatic heterocycles. The van der Waals surface area contributed by atoms with Crippen LogP contribution in [-0.4, -0.2) is 14.5 Å². The zero-order valence-corrected chi connectivity index (χ0v) is 10.7. The Balaban J connectivity index is 2.14. The van der Waals surface area contributed by atoms with E-state index in [1.54, 1.807) is 11.3 Å². The van der Waals surface area contributed by atoms with Crippen LogP contribution in [-0.2, 0) is 6.54 Å². The molecule has 17 heavy (non-hydrogen) atoms. The molecule has 0 unspecified atom stereocenters. The fourth-order valence-corrected chi connectivity index (χ4v) is 2.90. The molecule has 0 aliphatic carbocycles. The molecule has 86 valence electrons. The van der Waals surface area contributed by atoms with E-state index in [1.165, 1.54) is 15.1 Å². The van der Waals surface area contributed by atoms with Gasteiger partial charge in [-0.1, -0.05) is 0 Å². The highest BCUT2D eigenvalue weighted by molar-refractivity contribution is 7.22. The van der Waals surface area contributed by atoms with Crippen LogP contribution in [0.2, 0.25) is 0 Å². The number of imidazole rings is 1. The Hall–Kier alpha value is -1.68. The van der Waals surface area contributed by atoms with Crippen molar-refractivity contribution in [2.75, 3.05) is 0 Å². The molecule has 3 nitrogen and oxygen atoms in total. The maximum Gasteiger partial charge on any atom is 0.0982 e. The lowest BCUT2D eigenvalue weighted by Gasteiger charge is -1.91. The van der Waals surface area contributed by atoms with Crippen molar-refractivity contribution in [2.45, 2.75) is 20.4 Å². The highest BCUT2D eigenvalue weighted by Crippen LogP contribution is 2.33. The van der Waals surface area contributed by atoms with Crippen molar-refractivity contribution in [1.82, 2.24) is 14.5 Å². The van der Waals surface area contributed by atoms with Crippen molar-refractivity contribution in [3.8, 4) is 10.6 Å². The van der Waals surface area contributed by atoms with Gasteiger partial charge >= 0.3 is 0 Å². The summed E-state index contributed by atoms with van der Waals surface area (Å²) >= 11 is 1.76. The van der Waals surface area contributed by atoms with E-state index >= 15 is 0 Å². The van der Waals surface area contributed by atoms with E-state index in [-0.39, 0.29) is 0 Å². The van der Waals surface area contributed by atoms with Crippen molar-refractivity contribution in [2.24, 2.45) is 0 Å². The monoisotopic (exact) mass is 243 g/mol. The number of aromatic nitrogens is 3. The second-order valence-corrected chi connectivity index (χ2v) is 5.09. The number of aryl methyl sites for hydroxylation is 2. The van der Waals surface area contributed by atoms with E-state index in [1.807, 2.05) is 18.6 Å². The van der Waals surface area contributed by atoms with Crippen molar-refractivity contribution in [1.29, 1.82) is 0 Å². The molecular formula is C13H13N3S. The molecule has 0 bridgehead atoms. The van der Waals surface area contributed by atoms with Crippen molar-refractivity contribution in [3.63, 3.8) is 0 Å². The summed E-state index contributed by atoms with van der Waals surface area (Å²) in [5, 5.41) is 0. The first-order valence-corrected chi connectivity index (χ1v) is 6.47. The number of hydrogen-bond donors (Lipinski definition) is 0. The summed E-state index contributed by atoms with van der Waals surface area (Å²) in [6.07, 6.45) is 5.82. The molecule has 0 aliphatic rings. The van der Waals surface area contributed by atoms with E-state index in [9.17, 15) is 0 Å². The van der Waals surface area contributed by atoms with Crippen LogP contribution in [0, 0.1) is 6.92 Å². The van der Waals surface area contributed by atoms with E-state index in [4.69, 9.17) is 0 Å². The van der Waals surface area contributed by atoms with Crippen LogP contribution in [0.25, 0.3) is 20.8 Å². The molecule has 0 aromatic carbocycles. The van der Waals surface area contributed by atoms with Crippen LogP contribution in [0.5, 0.6) is 0 Å². The molecule has 4 heteroatoms. The minimum Gasteiger partial charge on any atom is -0.337 e. The van der Waals surface area contributed by atoms with Gasteiger partial charge in [-0.3, -0.25) is 4.98 Å². The summed E-state index contributed by atoms with van der Waals surface area (Å²) in [7, 11) is 0. The summed E-state index contributed by atoms with van der Waals surface area (Å²) in [5.41, 5.74) is 3.38. The highest BCUT2D eigenvalue weighted by atomic mass is 32.1. The highest BCUT2D eigenvalue weighted by Gasteiger charge is 2.08. The summed E-state index contributed by atoms with van der Waals surface area (Å²) in [4.78, 5) is 10.0. The lowest BCUT2D eigenvalue weighted by Crippen LogP contribution is -1.86. The number of rotatable bonds is 2. The van der Waals surface area contributed by atoms with Gasteiger partial charge in [-0.25, -0.2) is 4.98 Å². The van der Waals surface area contributed by atoms with Crippen molar-refractivity contribution in [3.05, 3.63) is 36.4 Å². The minimum atomic E-state index is 0.954. The van der Waals surface area contributed by atoms with Gasteiger partial charge in [0.2, 0.25) is 0 Å². The minimum absolute atomic E-state index is 0.954. The van der Waals surface area contributed by atoms with Crippen LogP contribution >= 0.6 is 11.3 Å². The zero-order valence-electron chi connectivity index (χ0n) is 9.84. The van der Waals surface area contributed by atoms with Gasteiger partial charge in [0.15, 0.2) is 0 Å². The fourth-order valence-electron chi connectivity index (χ4n) is 1.85. The number of hydrogen-bond acceptors (Lipinski definition) is 3. The van der Waals surface area contributed by atoms with Crippen LogP contribution in [0.4, 0.5) is 0 Å². The van der Waals surface area contributed by atoms with Crippen LogP contribution in [0.3, 0.4) is 0 Å². The molecular weight excluding hydrogens is 230 g/mol. The Morgan fingerprint density at radius 1 is 1.35 bits per heavy atom. The van der Waals surface area contributed by atoms with Gasteiger partial charge in [0, 0.05) is 18.9 Å². The molecule has 0 saturated carbocycles. The Morgan fingerprint density at radius 3 is 2.94 bits per heavy atom. The molecule has 0 amide bonds. The summed E-state index contributed by atoms with van der Waals surface area (Å²) in [6, 6.07) is 4.17. The topological polar surface area (TPSA) is 30.7 Å². The van der Waals surface area contributed by atoms with Crippen molar-refractivity contribution >= 4 is 21.6 Å². The van der Waals surface area contributed by atoms with Gasteiger partial charge in [-0.15, -0.1) is 11.3 Å². The molecule has 0 aliphatic heterocycles. The molecule has 0 N–H and O–H groups in total. The van der Waals surface area contributed by atoms with E-state index in [0.717, 1.165) is 17.8 Å². The zero-order chi connectivity index (χ0) is 11.8. The first-order valence-electron chi connectivity index (χ1n) is 5.65. The van der Waals surface area contributed by atoms with E-state index in [0.29, 0.717) is 0 Å². The number of nitrogens with zero attached hydrogens (tertiary/aromatic N) is 3. The molecule has 0 atom stereocenters. The van der Waals surface area contributed by atoms with Crippen molar-refractivity contribution < 1.29 is 0 Å². The van der Waals surface area contributed by atoms with Gasteiger partial charge in [0.05, 0.1) is 27.1 Å². The van der Waals surface area contributed by atoms with Crippen LogP contribution < -0.4 is 0 Å². The molecule has 0 spiro atoms. The van der Waals surface area contributed by atoms with Gasteiger partial charge in [-0.05, 0) is 31.5 Å². The molecule has 3 rings (SSSR count). The van der Waals surface area contributed by atoms with E-state index < -0.39 is 0 Å². The predicted octanol–water partition coefficient (Wildman–Crippen LogP) is 3.49. The van der Waals surface area contributed by atoms with Gasteiger partial charge in [0.25, 0.3) is 0 Å². The third kappa shape index (κ3) is 1.74. The molecule has 0 radical (unpaired) electrons. The molecule has 3 aromatic rings. The lowest BCUT2D eigenvalue weighted by atomic mass is 10.2. The third-order valence-corrected chi connectivity index (χ3v) is 4.14. The summed E-state index contributed by atoms with van der Waals surface area (Å²) < 4.78 is 3.34. The number of pyridine rings is 1. The number of thiophene rings is 1. The maximum absolute atomic E-state index is 4.43. The SMILES string of the molecule is CCn1cnc(-c2cc3nccc(C)c3s2)c1. The standard InChI is InChI=1S/C13H13N3S/c1-3-16-7-11(15-8-16)12-6-10-13(17-12)9(2)4-5-14-10/h4-8H,3H2,1-2H3. The van der Waals surface area contributed by atoms with Crippen LogP contribution in [0.1, 0.15) is 12.5 Å². The normalized spacial score (nSPS) is 11.2. The average Bonchev–Trinajstić information content (AvgIpc) is 2.95. The largest absolute Gasteiger partial charge is 0.337 e. The van der Waals surface area contributed by atoms with Crippen LogP contribution in [0.15, 0.2) is 30.9 Å². The first kappa shape index (κ1) is 10.5. The Labute approximate surface area is 104 Å². The molecule has 3 heterocycles. The predicted molar refractivity (Wildman–Crippen MR) is 71.3 cm³/mol. The second-order valence-electron chi connectivity index (χ2n) is 4.04. The average molecular weight is 243 g/mol. The summed E-state index contributed by atoms with van der Waals surface area (Å²) in [5.74, 6) is 0. The number of fused-ring (bicyclic) bond motifs is 1. The second kappa shape index (κ2) is 3.96. The van der Waals surface area contributed by atoms with Gasteiger partial charge < -0.3 is 4.57 Å². The first-order chi connectivity index (χ1) is 8.28.